The molecule has 1 aromatic carbocycles. The van der Waals surface area contributed by atoms with E-state index in [-0.39, 0.29) is 0 Å². The maximum Gasteiger partial charge on any atom is 0.0717 e. The molecule has 13 heavy (non-hydrogen) atoms. The molecule has 0 saturated carbocycles. The molecule has 0 unspecified atom stereocenters. The Kier molecular flexibility index (Phi) is 2.19. The number of pyridine rings is 1. The highest BCUT2D eigenvalue weighted by Crippen LogP contribution is 2.25. The quantitative estimate of drug-likeness (QED) is 0.673. The third-order valence-corrected chi connectivity index (χ3v) is 2.50. The highest BCUT2D eigenvalue weighted by atomic mass is 35.5. The van der Waals surface area contributed by atoms with Gasteiger partial charge in [0.05, 0.1) is 10.5 Å². The molecular weight excluding hydrogens is 182 g/mol. The van der Waals surface area contributed by atoms with Crippen molar-refractivity contribution in [2.24, 2.45) is 0 Å². The van der Waals surface area contributed by atoms with E-state index in [2.05, 4.69) is 11.9 Å². The van der Waals surface area contributed by atoms with E-state index in [1.807, 2.05) is 24.3 Å². The van der Waals surface area contributed by atoms with Crippen LogP contribution >= 0.6 is 11.6 Å². The summed E-state index contributed by atoms with van der Waals surface area (Å²) in [5.41, 5.74) is 1.94. The Bertz CT molecular complexity index is 437. The molecule has 1 radical (unpaired) electrons. The van der Waals surface area contributed by atoms with Gasteiger partial charge in [-0.3, -0.25) is 4.98 Å². The van der Waals surface area contributed by atoms with Gasteiger partial charge in [0.2, 0.25) is 0 Å². The second kappa shape index (κ2) is 3.35. The van der Waals surface area contributed by atoms with Crippen molar-refractivity contribution in [3.63, 3.8) is 0 Å². The zero-order valence-corrected chi connectivity index (χ0v) is 7.88. The Labute approximate surface area is 82.4 Å². The van der Waals surface area contributed by atoms with Crippen LogP contribution in [0.25, 0.3) is 10.9 Å². The lowest BCUT2D eigenvalue weighted by molar-refractivity contribution is 1.22. The van der Waals surface area contributed by atoms with Crippen molar-refractivity contribution in [3.05, 3.63) is 48.0 Å². The number of hydrogen-bond acceptors (Lipinski definition) is 1. The lowest BCUT2D eigenvalue weighted by atomic mass is 10.1. The molecule has 1 nitrogen and oxygen atoms in total. The van der Waals surface area contributed by atoms with E-state index in [4.69, 9.17) is 11.6 Å². The highest BCUT2D eigenvalue weighted by molar-refractivity contribution is 6.36. The van der Waals surface area contributed by atoms with Crippen LogP contribution in [0.3, 0.4) is 0 Å². The lowest BCUT2D eigenvalue weighted by Gasteiger charge is -2.03. The van der Waals surface area contributed by atoms with Crippen molar-refractivity contribution in [3.8, 4) is 0 Å². The summed E-state index contributed by atoms with van der Waals surface area (Å²) in [7, 11) is 0. The first-order chi connectivity index (χ1) is 6.33. The largest absolute Gasteiger partial charge is 0.256 e. The van der Waals surface area contributed by atoms with E-state index in [0.29, 0.717) is 6.42 Å². The van der Waals surface area contributed by atoms with Gasteiger partial charge in [-0.25, -0.2) is 0 Å². The molecule has 1 heterocycles. The number of benzene rings is 1. The predicted molar refractivity (Wildman–Crippen MR) is 55.8 cm³/mol. The van der Waals surface area contributed by atoms with Crippen LogP contribution in [-0.4, -0.2) is 4.98 Å². The molecule has 0 aliphatic rings. The zero-order chi connectivity index (χ0) is 9.26. The molecular formula is C11H9ClN. The fourth-order valence-electron chi connectivity index (χ4n) is 1.32. The minimum atomic E-state index is 0.677. The Morgan fingerprint density at radius 2 is 2.08 bits per heavy atom. The van der Waals surface area contributed by atoms with Crippen LogP contribution in [0.2, 0.25) is 5.02 Å². The zero-order valence-electron chi connectivity index (χ0n) is 7.13. The smallest absolute Gasteiger partial charge is 0.0717 e. The monoisotopic (exact) mass is 190 g/mol. The summed E-state index contributed by atoms with van der Waals surface area (Å²) in [6, 6.07) is 7.84. The number of aromatic nitrogens is 1. The number of hydrogen-bond donors (Lipinski definition) is 0. The van der Waals surface area contributed by atoms with Crippen LogP contribution in [0.15, 0.2) is 30.5 Å². The van der Waals surface area contributed by atoms with Crippen molar-refractivity contribution in [2.45, 2.75) is 6.42 Å². The summed E-state index contributed by atoms with van der Waals surface area (Å²) in [5.74, 6) is 0. The lowest BCUT2D eigenvalue weighted by Crippen LogP contribution is -1.87. The topological polar surface area (TPSA) is 12.9 Å². The summed E-state index contributed by atoms with van der Waals surface area (Å²) in [4.78, 5) is 4.29. The van der Waals surface area contributed by atoms with Crippen molar-refractivity contribution in [1.29, 1.82) is 0 Å². The molecule has 2 aromatic rings. The fourth-order valence-corrected chi connectivity index (χ4v) is 1.63. The number of halogens is 1. The van der Waals surface area contributed by atoms with Gasteiger partial charge in [0.25, 0.3) is 0 Å². The maximum absolute atomic E-state index is 6.16. The van der Waals surface area contributed by atoms with Crippen molar-refractivity contribution < 1.29 is 0 Å². The van der Waals surface area contributed by atoms with Crippen molar-refractivity contribution in [1.82, 2.24) is 4.98 Å². The Hall–Kier alpha value is -1.08. The normalized spacial score (nSPS) is 10.6. The second-order valence-corrected chi connectivity index (χ2v) is 3.24. The van der Waals surface area contributed by atoms with Crippen LogP contribution in [0.1, 0.15) is 5.56 Å². The third kappa shape index (κ3) is 1.40. The molecule has 2 heteroatoms. The first kappa shape index (κ1) is 8.52. The average molecular weight is 191 g/mol. The first-order valence-electron chi connectivity index (χ1n) is 4.14. The Morgan fingerprint density at radius 1 is 1.31 bits per heavy atom. The summed E-state index contributed by atoms with van der Waals surface area (Å²) in [6.07, 6.45) is 2.47. The number of fused-ring (bicyclic) bond motifs is 1. The van der Waals surface area contributed by atoms with E-state index < -0.39 is 0 Å². The van der Waals surface area contributed by atoms with Crippen molar-refractivity contribution in [2.75, 3.05) is 0 Å². The maximum atomic E-state index is 6.16. The van der Waals surface area contributed by atoms with Gasteiger partial charge in [-0.05, 0) is 25.0 Å². The highest BCUT2D eigenvalue weighted by Gasteiger charge is 2.03. The minimum absolute atomic E-state index is 0.677. The SMILES string of the molecule is [CH2]Cc1cnc2ccccc2c1Cl. The molecule has 0 saturated heterocycles. The second-order valence-electron chi connectivity index (χ2n) is 2.86. The number of nitrogens with zero attached hydrogens (tertiary/aromatic N) is 1. The van der Waals surface area contributed by atoms with Crippen LogP contribution in [0.5, 0.6) is 0 Å². The van der Waals surface area contributed by atoms with E-state index in [1.54, 1.807) is 6.20 Å². The van der Waals surface area contributed by atoms with Crippen LogP contribution in [0.4, 0.5) is 0 Å². The van der Waals surface area contributed by atoms with E-state index in [0.717, 1.165) is 21.5 Å². The van der Waals surface area contributed by atoms with Gasteiger partial charge < -0.3 is 0 Å². The molecule has 2 rings (SSSR count). The average Bonchev–Trinajstić information content (AvgIpc) is 2.19. The molecule has 1 aromatic heterocycles. The molecule has 0 spiro atoms. The van der Waals surface area contributed by atoms with Gasteiger partial charge in [-0.1, -0.05) is 29.8 Å². The fraction of sp³-hybridized carbons (Fsp3) is 0.0909. The molecule has 65 valence electrons. The molecule has 0 bridgehead atoms. The molecule has 0 aliphatic carbocycles. The minimum Gasteiger partial charge on any atom is -0.256 e. The van der Waals surface area contributed by atoms with Crippen LogP contribution in [0, 0.1) is 6.92 Å². The van der Waals surface area contributed by atoms with Gasteiger partial charge in [0, 0.05) is 11.6 Å². The number of rotatable bonds is 1. The Morgan fingerprint density at radius 3 is 2.85 bits per heavy atom. The van der Waals surface area contributed by atoms with E-state index >= 15 is 0 Å². The molecule has 0 amide bonds. The van der Waals surface area contributed by atoms with E-state index in [9.17, 15) is 0 Å². The molecule has 0 atom stereocenters. The molecule has 0 N–H and O–H groups in total. The summed E-state index contributed by atoms with van der Waals surface area (Å²) >= 11 is 6.16. The van der Waals surface area contributed by atoms with Gasteiger partial charge in [-0.2, -0.15) is 0 Å². The van der Waals surface area contributed by atoms with Crippen molar-refractivity contribution >= 4 is 22.5 Å². The summed E-state index contributed by atoms with van der Waals surface area (Å²) < 4.78 is 0. The standard InChI is InChI=1S/C11H9ClN/c1-2-8-7-13-10-6-4-3-5-9(10)11(8)12/h3-7H,1-2H2. The van der Waals surface area contributed by atoms with Gasteiger partial charge in [-0.15, -0.1) is 0 Å². The van der Waals surface area contributed by atoms with Crippen LogP contribution < -0.4 is 0 Å². The van der Waals surface area contributed by atoms with E-state index in [1.165, 1.54) is 0 Å². The molecule has 0 fully saturated rings. The summed E-state index contributed by atoms with van der Waals surface area (Å²) in [6.45, 7) is 3.80. The van der Waals surface area contributed by atoms with Gasteiger partial charge in [0.1, 0.15) is 0 Å². The molecule has 0 aliphatic heterocycles. The summed E-state index contributed by atoms with van der Waals surface area (Å²) in [5, 5.41) is 1.78. The Balaban J connectivity index is 2.79. The van der Waals surface area contributed by atoms with Crippen LogP contribution in [-0.2, 0) is 6.42 Å². The first-order valence-corrected chi connectivity index (χ1v) is 4.52. The number of para-hydroxylation sites is 1. The predicted octanol–water partition coefficient (Wildman–Crippen LogP) is 3.26. The van der Waals surface area contributed by atoms with Gasteiger partial charge in [0.15, 0.2) is 0 Å². The third-order valence-electron chi connectivity index (χ3n) is 2.05. The van der Waals surface area contributed by atoms with Gasteiger partial charge >= 0.3 is 0 Å².